The molecule has 0 spiro atoms. The lowest BCUT2D eigenvalue weighted by Crippen LogP contribution is -2.35. The summed E-state index contributed by atoms with van der Waals surface area (Å²) in [6.07, 6.45) is 0.944. The van der Waals surface area contributed by atoms with Crippen LogP contribution < -0.4 is 5.32 Å². The van der Waals surface area contributed by atoms with Gasteiger partial charge >= 0.3 is 5.97 Å². The van der Waals surface area contributed by atoms with E-state index in [2.05, 4.69) is 24.4 Å². The number of aryl methyl sites for hydroxylation is 1. The molecule has 122 valence electrons. The Bertz CT molecular complexity index is 489. The summed E-state index contributed by atoms with van der Waals surface area (Å²) in [5.41, 5.74) is 2.45. The van der Waals surface area contributed by atoms with Crippen molar-refractivity contribution < 1.29 is 14.3 Å². The average molecular weight is 306 g/mol. The molecular formula is C17H26N2O3. The minimum Gasteiger partial charge on any atom is -0.466 e. The first-order valence-electron chi connectivity index (χ1n) is 7.68. The van der Waals surface area contributed by atoms with Crippen LogP contribution in [0.2, 0.25) is 0 Å². The summed E-state index contributed by atoms with van der Waals surface area (Å²) in [4.78, 5) is 25.0. The van der Waals surface area contributed by atoms with Gasteiger partial charge in [-0.15, -0.1) is 0 Å². The monoisotopic (exact) mass is 306 g/mol. The predicted molar refractivity (Wildman–Crippen MR) is 86.4 cm³/mol. The fraction of sp³-hybridized carbons (Fsp3) is 0.529. The Balaban J connectivity index is 2.21. The van der Waals surface area contributed by atoms with E-state index >= 15 is 0 Å². The largest absolute Gasteiger partial charge is 0.466 e. The molecule has 0 atom stereocenters. The number of rotatable bonds is 9. The Morgan fingerprint density at radius 3 is 2.68 bits per heavy atom. The van der Waals surface area contributed by atoms with E-state index in [9.17, 15) is 9.59 Å². The summed E-state index contributed by atoms with van der Waals surface area (Å²) in [6.45, 7) is 5.82. The number of nitrogens with one attached hydrogen (secondary N) is 1. The third-order valence-corrected chi connectivity index (χ3v) is 3.30. The van der Waals surface area contributed by atoms with Crippen LogP contribution in [-0.4, -0.2) is 43.5 Å². The van der Waals surface area contributed by atoms with Gasteiger partial charge in [-0.3, -0.25) is 14.5 Å². The first-order chi connectivity index (χ1) is 10.5. The number of nitrogens with zero attached hydrogens (tertiary/aromatic N) is 1. The van der Waals surface area contributed by atoms with Gasteiger partial charge in [-0.1, -0.05) is 24.3 Å². The minimum absolute atomic E-state index is 0.0278. The second-order valence-corrected chi connectivity index (χ2v) is 5.36. The van der Waals surface area contributed by atoms with Crippen molar-refractivity contribution >= 4 is 11.9 Å². The van der Waals surface area contributed by atoms with Crippen molar-refractivity contribution in [2.24, 2.45) is 0 Å². The first kappa shape index (κ1) is 18.2. The summed E-state index contributed by atoms with van der Waals surface area (Å²) < 4.78 is 4.83. The van der Waals surface area contributed by atoms with E-state index in [0.717, 1.165) is 6.54 Å². The topological polar surface area (TPSA) is 58.6 Å². The molecule has 0 aliphatic rings. The molecule has 5 nitrogen and oxygen atoms in total. The molecule has 0 heterocycles. The first-order valence-corrected chi connectivity index (χ1v) is 7.68. The maximum absolute atomic E-state index is 11.8. The second kappa shape index (κ2) is 9.95. The van der Waals surface area contributed by atoms with Crippen molar-refractivity contribution in [2.45, 2.75) is 33.2 Å². The Morgan fingerprint density at radius 2 is 2.00 bits per heavy atom. The van der Waals surface area contributed by atoms with Crippen molar-refractivity contribution in [3.63, 3.8) is 0 Å². The minimum atomic E-state index is -0.214. The number of carbonyl (C=O) groups excluding carboxylic acids is 2. The van der Waals surface area contributed by atoms with E-state index in [1.54, 1.807) is 6.92 Å². The number of hydrogen-bond donors (Lipinski definition) is 1. The SMILES string of the molecule is CCOC(=O)CCCNC(=O)CN(C)Cc1ccccc1C. The molecule has 1 amide bonds. The van der Waals surface area contributed by atoms with Gasteiger partial charge in [0.1, 0.15) is 0 Å². The number of hydrogen-bond acceptors (Lipinski definition) is 4. The molecule has 0 radical (unpaired) electrons. The molecule has 0 aliphatic carbocycles. The Labute approximate surface area is 132 Å². The molecule has 1 rings (SSSR count). The van der Waals surface area contributed by atoms with Gasteiger partial charge in [0, 0.05) is 19.5 Å². The van der Waals surface area contributed by atoms with Crippen LogP contribution in [0.4, 0.5) is 0 Å². The highest BCUT2D eigenvalue weighted by molar-refractivity contribution is 5.78. The zero-order valence-electron chi connectivity index (χ0n) is 13.7. The highest BCUT2D eigenvalue weighted by Crippen LogP contribution is 2.09. The van der Waals surface area contributed by atoms with E-state index in [1.165, 1.54) is 11.1 Å². The normalized spacial score (nSPS) is 10.5. The molecular weight excluding hydrogens is 280 g/mol. The van der Waals surface area contributed by atoms with Gasteiger partial charge in [0.05, 0.1) is 13.2 Å². The van der Waals surface area contributed by atoms with Gasteiger partial charge in [0.25, 0.3) is 0 Å². The van der Waals surface area contributed by atoms with Crippen LogP contribution in [0, 0.1) is 6.92 Å². The summed E-state index contributed by atoms with van der Waals surface area (Å²) in [5, 5.41) is 2.82. The molecule has 0 aromatic heterocycles. The van der Waals surface area contributed by atoms with Crippen molar-refractivity contribution in [3.8, 4) is 0 Å². The van der Waals surface area contributed by atoms with Crippen LogP contribution in [-0.2, 0) is 20.9 Å². The molecule has 0 saturated heterocycles. The number of carbonyl (C=O) groups is 2. The van der Waals surface area contributed by atoms with Gasteiger partial charge in [-0.25, -0.2) is 0 Å². The van der Waals surface area contributed by atoms with Gasteiger partial charge in [-0.05, 0) is 38.4 Å². The van der Waals surface area contributed by atoms with E-state index in [0.29, 0.717) is 32.5 Å². The van der Waals surface area contributed by atoms with Crippen LogP contribution in [0.25, 0.3) is 0 Å². The Morgan fingerprint density at radius 1 is 1.27 bits per heavy atom. The molecule has 1 aromatic rings. The van der Waals surface area contributed by atoms with Gasteiger partial charge in [0.15, 0.2) is 0 Å². The van der Waals surface area contributed by atoms with Gasteiger partial charge in [0.2, 0.25) is 5.91 Å². The zero-order valence-corrected chi connectivity index (χ0v) is 13.7. The van der Waals surface area contributed by atoms with E-state index in [1.807, 2.05) is 24.1 Å². The molecule has 0 fully saturated rings. The van der Waals surface area contributed by atoms with Crippen LogP contribution in [0.1, 0.15) is 30.9 Å². The van der Waals surface area contributed by atoms with Crippen molar-refractivity contribution in [1.29, 1.82) is 0 Å². The number of likely N-dealkylation sites (N-methyl/N-ethyl adjacent to an activating group) is 1. The third kappa shape index (κ3) is 7.22. The second-order valence-electron chi connectivity index (χ2n) is 5.36. The lowest BCUT2D eigenvalue weighted by molar-refractivity contribution is -0.143. The lowest BCUT2D eigenvalue weighted by atomic mass is 10.1. The molecule has 22 heavy (non-hydrogen) atoms. The highest BCUT2D eigenvalue weighted by atomic mass is 16.5. The fourth-order valence-corrected chi connectivity index (χ4v) is 2.13. The number of esters is 1. The van der Waals surface area contributed by atoms with Gasteiger partial charge in [-0.2, -0.15) is 0 Å². The van der Waals surface area contributed by atoms with Crippen LogP contribution in [0.5, 0.6) is 0 Å². The Kier molecular flexibility index (Phi) is 8.22. The van der Waals surface area contributed by atoms with Crippen molar-refractivity contribution in [2.75, 3.05) is 26.7 Å². The highest BCUT2D eigenvalue weighted by Gasteiger charge is 2.08. The van der Waals surface area contributed by atoms with Crippen LogP contribution >= 0.6 is 0 Å². The maximum Gasteiger partial charge on any atom is 0.305 e. The molecule has 5 heteroatoms. The molecule has 0 unspecified atom stereocenters. The quantitative estimate of drug-likeness (QED) is 0.559. The fourth-order valence-electron chi connectivity index (χ4n) is 2.13. The summed E-state index contributed by atoms with van der Waals surface area (Å²) in [6, 6.07) is 8.16. The lowest BCUT2D eigenvalue weighted by Gasteiger charge is -2.17. The molecule has 1 aromatic carbocycles. The third-order valence-electron chi connectivity index (χ3n) is 3.30. The standard InChI is InChI=1S/C17H26N2O3/c1-4-22-17(21)10-7-11-18-16(20)13-19(3)12-15-9-6-5-8-14(15)2/h5-6,8-9H,4,7,10-13H2,1-3H3,(H,18,20). The van der Waals surface area contributed by atoms with Crippen molar-refractivity contribution in [1.82, 2.24) is 10.2 Å². The molecule has 0 aliphatic heterocycles. The molecule has 0 bridgehead atoms. The van der Waals surface area contributed by atoms with E-state index in [4.69, 9.17) is 4.74 Å². The number of benzene rings is 1. The molecule has 0 saturated carbocycles. The Hall–Kier alpha value is -1.88. The summed E-state index contributed by atoms with van der Waals surface area (Å²) >= 11 is 0. The van der Waals surface area contributed by atoms with E-state index < -0.39 is 0 Å². The zero-order chi connectivity index (χ0) is 16.4. The molecule has 1 N–H and O–H groups in total. The smallest absolute Gasteiger partial charge is 0.305 e. The summed E-state index contributed by atoms with van der Waals surface area (Å²) in [7, 11) is 1.92. The van der Waals surface area contributed by atoms with Crippen molar-refractivity contribution in [3.05, 3.63) is 35.4 Å². The average Bonchev–Trinajstić information content (AvgIpc) is 2.46. The van der Waals surface area contributed by atoms with Crippen LogP contribution in [0.3, 0.4) is 0 Å². The number of ether oxygens (including phenoxy) is 1. The van der Waals surface area contributed by atoms with E-state index in [-0.39, 0.29) is 11.9 Å². The van der Waals surface area contributed by atoms with Crippen LogP contribution in [0.15, 0.2) is 24.3 Å². The van der Waals surface area contributed by atoms with Gasteiger partial charge < -0.3 is 10.1 Å². The predicted octanol–water partition coefficient (Wildman–Crippen LogP) is 1.89. The number of amides is 1. The maximum atomic E-state index is 11.8. The summed E-state index contributed by atoms with van der Waals surface area (Å²) in [5.74, 6) is -0.242.